The first kappa shape index (κ1) is 16.0. The van der Waals surface area contributed by atoms with Gasteiger partial charge >= 0.3 is 6.80 Å². The van der Waals surface area contributed by atoms with Crippen molar-refractivity contribution in [3.8, 4) is 0 Å². The van der Waals surface area contributed by atoms with Crippen LogP contribution >= 0.6 is 18.2 Å². The molecule has 1 unspecified atom stereocenters. The first-order valence-electron chi connectivity index (χ1n) is 5.71. The van der Waals surface area contributed by atoms with Gasteiger partial charge in [-0.2, -0.15) is 0 Å². The maximum Gasteiger partial charge on any atom is 0.386 e. The molecule has 0 aliphatic carbocycles. The second-order valence-electron chi connectivity index (χ2n) is 3.56. The number of hydrogen-bond acceptors (Lipinski definition) is 3. The summed E-state index contributed by atoms with van der Waals surface area (Å²) in [7, 11) is 1.23. The molecule has 19 heavy (non-hydrogen) atoms. The minimum absolute atomic E-state index is 0.489. The van der Waals surface area contributed by atoms with E-state index >= 15 is 0 Å². The first-order valence-corrected chi connectivity index (χ1v) is 8.88. The SMILES string of the molecule is COP(=O)(O)SCc1ccccc1.c1ccccc1. The minimum atomic E-state index is -3.42. The lowest BCUT2D eigenvalue weighted by atomic mass is 10.2. The van der Waals surface area contributed by atoms with Gasteiger partial charge in [0.25, 0.3) is 0 Å². The summed E-state index contributed by atoms with van der Waals surface area (Å²) in [6.07, 6.45) is 0. The Morgan fingerprint density at radius 2 is 1.42 bits per heavy atom. The van der Waals surface area contributed by atoms with E-state index in [1.165, 1.54) is 7.11 Å². The van der Waals surface area contributed by atoms with Gasteiger partial charge in [-0.15, -0.1) is 0 Å². The largest absolute Gasteiger partial charge is 0.386 e. The Morgan fingerprint density at radius 1 is 1.00 bits per heavy atom. The molecule has 0 amide bonds. The van der Waals surface area contributed by atoms with Crippen molar-refractivity contribution >= 4 is 18.2 Å². The Bertz CT molecular complexity index is 464. The highest BCUT2D eigenvalue weighted by Crippen LogP contribution is 2.56. The smallest absolute Gasteiger partial charge is 0.316 e. The highest BCUT2D eigenvalue weighted by atomic mass is 32.7. The van der Waals surface area contributed by atoms with Gasteiger partial charge in [-0.25, -0.2) is 4.57 Å². The molecule has 1 N–H and O–H groups in total. The molecule has 0 fully saturated rings. The van der Waals surface area contributed by atoms with Gasteiger partial charge in [0.1, 0.15) is 0 Å². The monoisotopic (exact) mass is 296 g/mol. The van der Waals surface area contributed by atoms with E-state index in [9.17, 15) is 4.57 Å². The van der Waals surface area contributed by atoms with Crippen molar-refractivity contribution in [2.75, 3.05) is 7.11 Å². The molecule has 1 atom stereocenters. The number of benzene rings is 2. The molecule has 2 aromatic carbocycles. The molecule has 2 aromatic rings. The van der Waals surface area contributed by atoms with Gasteiger partial charge in [0.05, 0.1) is 0 Å². The van der Waals surface area contributed by atoms with Gasteiger partial charge in [-0.05, 0) is 16.9 Å². The van der Waals surface area contributed by atoms with Crippen molar-refractivity contribution in [1.29, 1.82) is 0 Å². The van der Waals surface area contributed by atoms with Crippen LogP contribution in [0.15, 0.2) is 66.7 Å². The van der Waals surface area contributed by atoms with Crippen molar-refractivity contribution in [1.82, 2.24) is 0 Å². The molecule has 0 spiro atoms. The zero-order valence-electron chi connectivity index (χ0n) is 10.7. The van der Waals surface area contributed by atoms with E-state index in [0.29, 0.717) is 5.75 Å². The lowest BCUT2D eigenvalue weighted by molar-refractivity contribution is 0.336. The summed E-state index contributed by atoms with van der Waals surface area (Å²) < 4.78 is 15.5. The molecular formula is C14H17O3PS. The summed E-state index contributed by atoms with van der Waals surface area (Å²) in [6.45, 7) is -3.42. The highest BCUT2D eigenvalue weighted by Gasteiger charge is 2.17. The van der Waals surface area contributed by atoms with Crippen LogP contribution in [0.1, 0.15) is 5.56 Å². The molecular weight excluding hydrogens is 279 g/mol. The van der Waals surface area contributed by atoms with Crippen LogP contribution in [0.5, 0.6) is 0 Å². The van der Waals surface area contributed by atoms with Gasteiger partial charge in [0, 0.05) is 12.9 Å². The topological polar surface area (TPSA) is 46.5 Å². The second-order valence-corrected chi connectivity index (χ2v) is 7.57. The molecule has 0 saturated carbocycles. The van der Waals surface area contributed by atoms with E-state index in [4.69, 9.17) is 4.89 Å². The van der Waals surface area contributed by atoms with E-state index in [-0.39, 0.29) is 0 Å². The minimum Gasteiger partial charge on any atom is -0.316 e. The van der Waals surface area contributed by atoms with Gasteiger partial charge in [-0.3, -0.25) is 0 Å². The lowest BCUT2D eigenvalue weighted by Crippen LogP contribution is -1.81. The maximum absolute atomic E-state index is 11.1. The zero-order chi connectivity index (χ0) is 14.0. The van der Waals surface area contributed by atoms with E-state index in [1.54, 1.807) is 0 Å². The fourth-order valence-corrected chi connectivity index (χ4v) is 3.03. The van der Waals surface area contributed by atoms with Crippen LogP contribution in [-0.2, 0) is 14.8 Å². The third-order valence-electron chi connectivity index (χ3n) is 2.13. The average molecular weight is 296 g/mol. The van der Waals surface area contributed by atoms with Crippen LogP contribution in [0.3, 0.4) is 0 Å². The fourth-order valence-electron chi connectivity index (χ4n) is 1.17. The van der Waals surface area contributed by atoms with Crippen molar-refractivity contribution in [3.63, 3.8) is 0 Å². The third kappa shape index (κ3) is 7.85. The molecule has 102 valence electrons. The fraction of sp³-hybridized carbons (Fsp3) is 0.143. The lowest BCUT2D eigenvalue weighted by Gasteiger charge is -2.06. The first-order chi connectivity index (χ1) is 9.14. The maximum atomic E-state index is 11.1. The average Bonchev–Trinajstić information content (AvgIpc) is 2.49. The van der Waals surface area contributed by atoms with Crippen LogP contribution in [0.4, 0.5) is 0 Å². The van der Waals surface area contributed by atoms with Crippen LogP contribution in [0.2, 0.25) is 0 Å². The van der Waals surface area contributed by atoms with E-state index in [0.717, 1.165) is 16.9 Å². The molecule has 2 rings (SSSR count). The van der Waals surface area contributed by atoms with Gasteiger partial charge in [-0.1, -0.05) is 66.7 Å². The molecule has 0 bridgehead atoms. The molecule has 0 radical (unpaired) electrons. The number of hydrogen-bond donors (Lipinski definition) is 1. The quantitative estimate of drug-likeness (QED) is 0.852. The van der Waals surface area contributed by atoms with Crippen molar-refractivity contribution in [3.05, 3.63) is 72.3 Å². The summed E-state index contributed by atoms with van der Waals surface area (Å²) >= 11 is 0.921. The van der Waals surface area contributed by atoms with Crippen LogP contribution in [0, 0.1) is 0 Å². The summed E-state index contributed by atoms with van der Waals surface area (Å²) in [5, 5.41) is 0. The van der Waals surface area contributed by atoms with Crippen molar-refractivity contribution < 1.29 is 14.0 Å². The second kappa shape index (κ2) is 8.94. The normalized spacial score (nSPS) is 12.9. The highest BCUT2D eigenvalue weighted by molar-refractivity contribution is 8.54. The van der Waals surface area contributed by atoms with Gasteiger partial charge < -0.3 is 9.42 Å². The zero-order valence-corrected chi connectivity index (χ0v) is 12.4. The Kier molecular flexibility index (Phi) is 7.53. The van der Waals surface area contributed by atoms with Gasteiger partial charge in [0.2, 0.25) is 0 Å². The standard InChI is InChI=1S/C8H11O3PS.C6H6/c1-11-12(9,10)13-7-8-5-3-2-4-6-8;1-2-4-6-5-3-1/h2-6H,7H2,1H3,(H,9,10);1-6H. The van der Waals surface area contributed by atoms with E-state index in [1.807, 2.05) is 66.7 Å². The van der Waals surface area contributed by atoms with E-state index < -0.39 is 6.80 Å². The predicted molar refractivity (Wildman–Crippen MR) is 81.0 cm³/mol. The molecule has 3 nitrogen and oxygen atoms in total. The summed E-state index contributed by atoms with van der Waals surface area (Å²) in [6, 6.07) is 21.5. The van der Waals surface area contributed by atoms with Gasteiger partial charge in [0.15, 0.2) is 0 Å². The molecule has 0 aliphatic rings. The van der Waals surface area contributed by atoms with Crippen LogP contribution in [-0.4, -0.2) is 12.0 Å². The van der Waals surface area contributed by atoms with Crippen molar-refractivity contribution in [2.45, 2.75) is 5.75 Å². The molecule has 0 saturated heterocycles. The Labute approximate surface area is 117 Å². The van der Waals surface area contributed by atoms with Crippen molar-refractivity contribution in [2.24, 2.45) is 0 Å². The molecule has 0 aliphatic heterocycles. The Balaban J connectivity index is 0.000000250. The number of rotatable bonds is 4. The Morgan fingerprint density at radius 3 is 1.84 bits per heavy atom. The Hall–Kier alpha value is -1.06. The third-order valence-corrected chi connectivity index (χ3v) is 5.20. The van der Waals surface area contributed by atoms with Crippen LogP contribution in [0.25, 0.3) is 0 Å². The van der Waals surface area contributed by atoms with E-state index in [2.05, 4.69) is 4.52 Å². The molecule has 0 aromatic heterocycles. The summed E-state index contributed by atoms with van der Waals surface area (Å²) in [5.74, 6) is 0.489. The van der Waals surface area contributed by atoms with Crippen LogP contribution < -0.4 is 0 Å². The molecule has 0 heterocycles. The summed E-state index contributed by atoms with van der Waals surface area (Å²) in [4.78, 5) is 9.08. The summed E-state index contributed by atoms with van der Waals surface area (Å²) in [5.41, 5.74) is 1.01. The molecule has 5 heteroatoms. The predicted octanol–water partition coefficient (Wildman–Crippen LogP) is 4.35.